The van der Waals surface area contributed by atoms with Crippen LogP contribution in [0.1, 0.15) is 18.1 Å². The molecule has 2 aromatic rings. The largest absolute Gasteiger partial charge is 0.305 e. The predicted molar refractivity (Wildman–Crippen MR) is 88.4 cm³/mol. The first-order valence-corrected chi connectivity index (χ1v) is 7.83. The summed E-state index contributed by atoms with van der Waals surface area (Å²) in [5, 5.41) is 3.70. The summed E-state index contributed by atoms with van der Waals surface area (Å²) in [4.78, 5) is 2.58. The van der Waals surface area contributed by atoms with Crippen LogP contribution in [-0.2, 0) is 12.0 Å². The number of nitrogens with one attached hydrogen (secondary N) is 1. The van der Waals surface area contributed by atoms with Crippen molar-refractivity contribution in [3.63, 3.8) is 0 Å². The molecule has 2 heteroatoms. The first-order chi connectivity index (χ1) is 10.3. The van der Waals surface area contributed by atoms with Crippen LogP contribution in [0.5, 0.6) is 0 Å². The van der Waals surface area contributed by atoms with Crippen LogP contribution < -0.4 is 5.32 Å². The SMILES string of the molecule is CC1(c2ccccc2)CN(CCc2ccccc2)CCN1. The van der Waals surface area contributed by atoms with E-state index in [1.54, 1.807) is 0 Å². The fourth-order valence-electron chi connectivity index (χ4n) is 3.19. The molecule has 1 saturated heterocycles. The first kappa shape index (κ1) is 14.3. The second-order valence-electron chi connectivity index (χ2n) is 6.14. The quantitative estimate of drug-likeness (QED) is 0.926. The van der Waals surface area contributed by atoms with Gasteiger partial charge < -0.3 is 5.32 Å². The zero-order valence-electron chi connectivity index (χ0n) is 12.8. The smallest absolute Gasteiger partial charge is 0.0535 e. The Labute approximate surface area is 127 Å². The fraction of sp³-hybridized carbons (Fsp3) is 0.368. The Morgan fingerprint density at radius 3 is 2.38 bits per heavy atom. The molecule has 21 heavy (non-hydrogen) atoms. The van der Waals surface area contributed by atoms with Gasteiger partial charge in [0.15, 0.2) is 0 Å². The molecule has 1 atom stereocenters. The van der Waals surface area contributed by atoms with E-state index in [2.05, 4.69) is 77.8 Å². The molecule has 1 aliphatic heterocycles. The van der Waals surface area contributed by atoms with Crippen LogP contribution in [0.25, 0.3) is 0 Å². The zero-order chi connectivity index (χ0) is 14.5. The molecule has 1 aliphatic rings. The molecule has 1 unspecified atom stereocenters. The van der Waals surface area contributed by atoms with Gasteiger partial charge in [-0.3, -0.25) is 4.90 Å². The lowest BCUT2D eigenvalue weighted by molar-refractivity contribution is 0.144. The maximum atomic E-state index is 3.70. The van der Waals surface area contributed by atoms with Crippen molar-refractivity contribution in [2.45, 2.75) is 18.9 Å². The molecule has 1 heterocycles. The normalized spacial score (nSPS) is 23.1. The molecule has 3 rings (SSSR count). The molecule has 0 aromatic heterocycles. The second kappa shape index (κ2) is 6.42. The number of benzene rings is 2. The number of hydrogen-bond donors (Lipinski definition) is 1. The predicted octanol–water partition coefficient (Wildman–Crippen LogP) is 3.05. The summed E-state index contributed by atoms with van der Waals surface area (Å²) >= 11 is 0. The van der Waals surface area contributed by atoms with Crippen LogP contribution >= 0.6 is 0 Å². The highest BCUT2D eigenvalue weighted by Gasteiger charge is 2.31. The zero-order valence-corrected chi connectivity index (χ0v) is 12.8. The van der Waals surface area contributed by atoms with Crippen molar-refractivity contribution in [3.05, 3.63) is 71.8 Å². The molecule has 110 valence electrons. The summed E-state index contributed by atoms with van der Waals surface area (Å²) in [7, 11) is 0. The van der Waals surface area contributed by atoms with Crippen LogP contribution in [0.4, 0.5) is 0 Å². The van der Waals surface area contributed by atoms with Gasteiger partial charge in [-0.25, -0.2) is 0 Å². The third kappa shape index (κ3) is 3.52. The van der Waals surface area contributed by atoms with E-state index in [1.807, 2.05) is 0 Å². The number of rotatable bonds is 4. The summed E-state index contributed by atoms with van der Waals surface area (Å²) in [6.45, 7) is 6.71. The Morgan fingerprint density at radius 2 is 1.67 bits per heavy atom. The van der Waals surface area contributed by atoms with E-state index in [0.717, 1.165) is 32.6 Å². The van der Waals surface area contributed by atoms with Crippen LogP contribution in [0, 0.1) is 0 Å². The monoisotopic (exact) mass is 280 g/mol. The number of hydrogen-bond acceptors (Lipinski definition) is 2. The summed E-state index contributed by atoms with van der Waals surface area (Å²) in [6.07, 6.45) is 1.13. The van der Waals surface area contributed by atoms with Crippen LogP contribution in [0.15, 0.2) is 60.7 Å². The van der Waals surface area contributed by atoms with Gasteiger partial charge >= 0.3 is 0 Å². The Morgan fingerprint density at radius 1 is 1.00 bits per heavy atom. The molecule has 1 fully saturated rings. The molecule has 0 radical (unpaired) electrons. The average Bonchev–Trinajstić information content (AvgIpc) is 2.55. The highest BCUT2D eigenvalue weighted by Crippen LogP contribution is 2.24. The lowest BCUT2D eigenvalue weighted by atomic mass is 9.89. The van der Waals surface area contributed by atoms with Gasteiger partial charge in [0.05, 0.1) is 5.54 Å². The van der Waals surface area contributed by atoms with Gasteiger partial charge in [-0.2, -0.15) is 0 Å². The van der Waals surface area contributed by atoms with E-state index in [1.165, 1.54) is 11.1 Å². The summed E-state index contributed by atoms with van der Waals surface area (Å²) < 4.78 is 0. The molecular formula is C19H24N2. The lowest BCUT2D eigenvalue weighted by Crippen LogP contribution is -2.56. The number of piperazine rings is 1. The van der Waals surface area contributed by atoms with Gasteiger partial charge in [0.2, 0.25) is 0 Å². The molecule has 0 bridgehead atoms. The Balaban J connectivity index is 1.63. The Kier molecular flexibility index (Phi) is 4.37. The van der Waals surface area contributed by atoms with Crippen molar-refractivity contribution < 1.29 is 0 Å². The van der Waals surface area contributed by atoms with Gasteiger partial charge in [-0.15, -0.1) is 0 Å². The summed E-state index contributed by atoms with van der Waals surface area (Å²) in [5.41, 5.74) is 2.88. The molecular weight excluding hydrogens is 256 g/mol. The van der Waals surface area contributed by atoms with E-state index in [0.29, 0.717) is 0 Å². The first-order valence-electron chi connectivity index (χ1n) is 7.83. The average molecular weight is 280 g/mol. The lowest BCUT2D eigenvalue weighted by Gasteiger charge is -2.42. The third-order valence-corrected chi connectivity index (χ3v) is 4.45. The second-order valence-corrected chi connectivity index (χ2v) is 6.14. The van der Waals surface area contributed by atoms with Gasteiger partial charge in [-0.1, -0.05) is 60.7 Å². The molecule has 0 amide bonds. The molecule has 2 aromatic carbocycles. The highest BCUT2D eigenvalue weighted by molar-refractivity contribution is 5.25. The van der Waals surface area contributed by atoms with E-state index >= 15 is 0 Å². The third-order valence-electron chi connectivity index (χ3n) is 4.45. The van der Waals surface area contributed by atoms with Crippen molar-refractivity contribution in [1.29, 1.82) is 0 Å². The van der Waals surface area contributed by atoms with Crippen molar-refractivity contribution in [2.24, 2.45) is 0 Å². The van der Waals surface area contributed by atoms with Crippen molar-refractivity contribution in [1.82, 2.24) is 10.2 Å². The Hall–Kier alpha value is -1.64. The van der Waals surface area contributed by atoms with Crippen molar-refractivity contribution >= 4 is 0 Å². The van der Waals surface area contributed by atoms with Crippen molar-refractivity contribution in [2.75, 3.05) is 26.2 Å². The van der Waals surface area contributed by atoms with E-state index < -0.39 is 0 Å². The Bertz CT molecular complexity index is 552. The summed E-state index contributed by atoms with van der Waals surface area (Å²) in [6, 6.07) is 21.6. The minimum Gasteiger partial charge on any atom is -0.305 e. The molecule has 0 saturated carbocycles. The van der Waals surface area contributed by atoms with Crippen molar-refractivity contribution in [3.8, 4) is 0 Å². The number of nitrogens with zero attached hydrogens (tertiary/aromatic N) is 1. The molecule has 1 N–H and O–H groups in total. The maximum Gasteiger partial charge on any atom is 0.0535 e. The minimum atomic E-state index is 0.0657. The van der Waals surface area contributed by atoms with E-state index in [9.17, 15) is 0 Å². The standard InChI is InChI=1S/C19H24N2/c1-19(18-10-6-3-7-11-18)16-21(15-13-20-19)14-12-17-8-4-2-5-9-17/h2-11,20H,12-16H2,1H3. The van der Waals surface area contributed by atoms with Gasteiger partial charge in [0, 0.05) is 26.2 Å². The molecule has 0 spiro atoms. The highest BCUT2D eigenvalue weighted by atomic mass is 15.2. The van der Waals surface area contributed by atoms with E-state index in [4.69, 9.17) is 0 Å². The van der Waals surface area contributed by atoms with Crippen LogP contribution in [0.3, 0.4) is 0 Å². The topological polar surface area (TPSA) is 15.3 Å². The van der Waals surface area contributed by atoms with Gasteiger partial charge in [0.25, 0.3) is 0 Å². The van der Waals surface area contributed by atoms with Gasteiger partial charge in [0.1, 0.15) is 0 Å². The molecule has 2 nitrogen and oxygen atoms in total. The fourth-order valence-corrected chi connectivity index (χ4v) is 3.19. The molecule has 0 aliphatic carbocycles. The minimum absolute atomic E-state index is 0.0657. The van der Waals surface area contributed by atoms with Gasteiger partial charge in [-0.05, 0) is 24.5 Å². The van der Waals surface area contributed by atoms with E-state index in [-0.39, 0.29) is 5.54 Å². The summed E-state index contributed by atoms with van der Waals surface area (Å²) in [5.74, 6) is 0. The van der Waals surface area contributed by atoms with Crippen LogP contribution in [0.2, 0.25) is 0 Å². The van der Waals surface area contributed by atoms with Crippen LogP contribution in [-0.4, -0.2) is 31.1 Å². The maximum absolute atomic E-state index is 3.70.